The predicted molar refractivity (Wildman–Crippen MR) is 96.0 cm³/mol. The number of benzene rings is 1. The number of carbonyl (C=O) groups is 2. The minimum atomic E-state index is -0.688. The molecule has 0 aliphatic carbocycles. The van der Waals surface area contributed by atoms with Gasteiger partial charge < -0.3 is 5.32 Å². The summed E-state index contributed by atoms with van der Waals surface area (Å²) in [4.78, 5) is 27.5. The smallest absolute Gasteiger partial charge is 0.234 e. The van der Waals surface area contributed by atoms with Crippen LogP contribution in [0.15, 0.2) is 35.7 Å². The third-order valence-electron chi connectivity index (χ3n) is 4.56. The molecule has 1 fully saturated rings. The molecule has 3 rings (SSSR count). The molecule has 0 bridgehead atoms. The zero-order valence-electron chi connectivity index (χ0n) is 14.2. The average molecular weight is 378 g/mol. The number of halogens is 2. The first-order chi connectivity index (χ1) is 12.5. The monoisotopic (exact) mass is 378 g/mol. The largest absolute Gasteiger partial charge is 0.350 e. The first kappa shape index (κ1) is 18.7. The highest BCUT2D eigenvalue weighted by molar-refractivity contribution is 7.09. The summed E-state index contributed by atoms with van der Waals surface area (Å²) >= 11 is 1.59. The number of hydrogen-bond donors (Lipinski definition) is 1. The molecule has 1 aliphatic rings. The molecule has 0 unspecified atom stereocenters. The first-order valence-electron chi connectivity index (χ1n) is 8.53. The van der Waals surface area contributed by atoms with Gasteiger partial charge in [0.15, 0.2) is 5.78 Å². The summed E-state index contributed by atoms with van der Waals surface area (Å²) in [6.07, 6.45) is 1.07. The number of likely N-dealkylation sites (tertiary alicyclic amines) is 1. The zero-order chi connectivity index (χ0) is 18.5. The van der Waals surface area contributed by atoms with Crippen LogP contribution in [0.4, 0.5) is 8.78 Å². The third kappa shape index (κ3) is 4.74. The van der Waals surface area contributed by atoms with Crippen molar-refractivity contribution in [3.8, 4) is 0 Å². The fourth-order valence-electron chi connectivity index (χ4n) is 3.12. The normalized spacial score (nSPS) is 15.8. The molecule has 0 radical (unpaired) electrons. The van der Waals surface area contributed by atoms with Crippen LogP contribution < -0.4 is 5.32 Å². The lowest BCUT2D eigenvalue weighted by molar-refractivity contribution is -0.122. The van der Waals surface area contributed by atoms with Gasteiger partial charge in [0.1, 0.15) is 11.6 Å². The second-order valence-electron chi connectivity index (χ2n) is 6.39. The van der Waals surface area contributed by atoms with Crippen molar-refractivity contribution < 1.29 is 18.4 Å². The molecule has 2 aromatic rings. The molecule has 2 heterocycles. The standard InChI is InChI=1S/C19H20F2N2O2S/c20-14-3-4-17(21)16(10-14)19(25)13-5-7-23(8-6-13)12-18(24)22-11-15-2-1-9-26-15/h1-4,9-10,13H,5-8,11-12H2,(H,22,24). The average Bonchev–Trinajstić information content (AvgIpc) is 3.16. The van der Waals surface area contributed by atoms with Gasteiger partial charge in [-0.05, 0) is 55.6 Å². The first-order valence-corrected chi connectivity index (χ1v) is 9.41. The zero-order valence-corrected chi connectivity index (χ0v) is 15.0. The van der Waals surface area contributed by atoms with Gasteiger partial charge >= 0.3 is 0 Å². The molecular formula is C19H20F2N2O2S. The van der Waals surface area contributed by atoms with E-state index in [1.165, 1.54) is 0 Å². The SMILES string of the molecule is O=C(CN1CCC(C(=O)c2cc(F)ccc2F)CC1)NCc1cccs1. The van der Waals surface area contributed by atoms with Crippen molar-refractivity contribution in [1.29, 1.82) is 0 Å². The van der Waals surface area contributed by atoms with Gasteiger partial charge in [-0.25, -0.2) is 8.78 Å². The number of amides is 1. The Bertz CT molecular complexity index is 772. The van der Waals surface area contributed by atoms with E-state index in [4.69, 9.17) is 0 Å². The number of carbonyl (C=O) groups excluding carboxylic acids is 2. The summed E-state index contributed by atoms with van der Waals surface area (Å²) in [5, 5.41) is 4.84. The maximum Gasteiger partial charge on any atom is 0.234 e. The van der Waals surface area contributed by atoms with E-state index in [2.05, 4.69) is 5.32 Å². The van der Waals surface area contributed by atoms with Crippen molar-refractivity contribution in [2.24, 2.45) is 5.92 Å². The van der Waals surface area contributed by atoms with Crippen LogP contribution in [-0.4, -0.2) is 36.2 Å². The highest BCUT2D eigenvalue weighted by atomic mass is 32.1. The quantitative estimate of drug-likeness (QED) is 0.785. The van der Waals surface area contributed by atoms with E-state index in [1.54, 1.807) is 11.3 Å². The Morgan fingerprint density at radius 3 is 2.65 bits per heavy atom. The van der Waals surface area contributed by atoms with Crippen LogP contribution in [0.5, 0.6) is 0 Å². The Hall–Kier alpha value is -2.12. The van der Waals surface area contributed by atoms with Crippen molar-refractivity contribution in [3.63, 3.8) is 0 Å². The third-order valence-corrected chi connectivity index (χ3v) is 5.44. The second-order valence-corrected chi connectivity index (χ2v) is 7.43. The maximum atomic E-state index is 13.8. The molecule has 1 aliphatic heterocycles. The molecule has 1 saturated heterocycles. The molecule has 26 heavy (non-hydrogen) atoms. The lowest BCUT2D eigenvalue weighted by Gasteiger charge is -2.30. The van der Waals surface area contributed by atoms with Gasteiger partial charge in [-0.3, -0.25) is 14.5 Å². The molecule has 1 amide bonds. The molecular weight excluding hydrogens is 358 g/mol. The number of ketones is 1. The lowest BCUT2D eigenvalue weighted by atomic mass is 9.88. The Morgan fingerprint density at radius 1 is 1.19 bits per heavy atom. The minimum Gasteiger partial charge on any atom is -0.350 e. The van der Waals surface area contributed by atoms with Gasteiger partial charge in [0.25, 0.3) is 0 Å². The van der Waals surface area contributed by atoms with E-state index in [0.717, 1.165) is 23.1 Å². The van der Waals surface area contributed by atoms with E-state index in [9.17, 15) is 18.4 Å². The van der Waals surface area contributed by atoms with Crippen molar-refractivity contribution >= 4 is 23.0 Å². The maximum absolute atomic E-state index is 13.8. The van der Waals surface area contributed by atoms with E-state index in [-0.39, 0.29) is 29.7 Å². The van der Waals surface area contributed by atoms with E-state index in [1.807, 2.05) is 22.4 Å². The molecule has 138 valence electrons. The fourth-order valence-corrected chi connectivity index (χ4v) is 3.76. The predicted octanol–water partition coefficient (Wildman–Crippen LogP) is 3.24. The lowest BCUT2D eigenvalue weighted by Crippen LogP contribution is -2.42. The highest BCUT2D eigenvalue weighted by Crippen LogP contribution is 2.23. The Morgan fingerprint density at radius 2 is 1.96 bits per heavy atom. The van der Waals surface area contributed by atoms with Gasteiger partial charge in [-0.1, -0.05) is 6.07 Å². The highest BCUT2D eigenvalue weighted by Gasteiger charge is 2.28. The molecule has 1 N–H and O–H groups in total. The summed E-state index contributed by atoms with van der Waals surface area (Å²) in [7, 11) is 0. The van der Waals surface area contributed by atoms with E-state index >= 15 is 0 Å². The Balaban J connectivity index is 1.47. The summed E-state index contributed by atoms with van der Waals surface area (Å²) in [6.45, 7) is 1.96. The van der Waals surface area contributed by atoms with Crippen molar-refractivity contribution in [3.05, 3.63) is 57.8 Å². The number of nitrogens with zero attached hydrogens (tertiary/aromatic N) is 1. The van der Waals surface area contributed by atoms with Crippen LogP contribution in [0, 0.1) is 17.6 Å². The number of rotatable bonds is 6. The van der Waals surface area contributed by atoms with Gasteiger partial charge in [-0.2, -0.15) is 0 Å². The topological polar surface area (TPSA) is 49.4 Å². The van der Waals surface area contributed by atoms with Gasteiger partial charge in [0.05, 0.1) is 18.7 Å². The van der Waals surface area contributed by atoms with Crippen LogP contribution in [-0.2, 0) is 11.3 Å². The molecule has 1 aromatic carbocycles. The molecule has 0 saturated carbocycles. The summed E-state index contributed by atoms with van der Waals surface area (Å²) in [5.74, 6) is -2.05. The van der Waals surface area contributed by atoms with Crippen molar-refractivity contribution in [2.45, 2.75) is 19.4 Å². The number of Topliss-reactive ketones (excluding diaryl/α,β-unsaturated/α-hetero) is 1. The minimum absolute atomic E-state index is 0.0562. The van der Waals surface area contributed by atoms with Crippen molar-refractivity contribution in [2.75, 3.05) is 19.6 Å². The molecule has 1 aromatic heterocycles. The Kier molecular flexibility index (Phi) is 6.11. The number of piperidine rings is 1. The van der Waals surface area contributed by atoms with Crippen LogP contribution in [0.1, 0.15) is 28.1 Å². The summed E-state index contributed by atoms with van der Waals surface area (Å²) in [5.41, 5.74) is -0.183. The van der Waals surface area contributed by atoms with Crippen LogP contribution in [0.25, 0.3) is 0 Å². The van der Waals surface area contributed by atoms with Gasteiger partial charge in [0, 0.05) is 10.8 Å². The molecule has 0 atom stereocenters. The van der Waals surface area contributed by atoms with Crippen LogP contribution in [0.2, 0.25) is 0 Å². The number of nitrogens with one attached hydrogen (secondary N) is 1. The van der Waals surface area contributed by atoms with Crippen molar-refractivity contribution in [1.82, 2.24) is 10.2 Å². The summed E-state index contributed by atoms with van der Waals surface area (Å²) < 4.78 is 27.1. The number of hydrogen-bond acceptors (Lipinski definition) is 4. The van der Waals surface area contributed by atoms with Crippen LogP contribution >= 0.6 is 11.3 Å². The molecule has 7 heteroatoms. The second kappa shape index (κ2) is 8.51. The van der Waals surface area contributed by atoms with Gasteiger partial charge in [-0.15, -0.1) is 11.3 Å². The van der Waals surface area contributed by atoms with Crippen LogP contribution in [0.3, 0.4) is 0 Å². The molecule has 4 nitrogen and oxygen atoms in total. The number of thiophene rings is 1. The van der Waals surface area contributed by atoms with Gasteiger partial charge in [0.2, 0.25) is 5.91 Å². The fraction of sp³-hybridized carbons (Fsp3) is 0.368. The van der Waals surface area contributed by atoms with E-state index < -0.39 is 11.6 Å². The van der Waals surface area contributed by atoms with E-state index in [0.29, 0.717) is 32.5 Å². The molecule has 0 spiro atoms. The summed E-state index contributed by atoms with van der Waals surface area (Å²) in [6, 6.07) is 6.85. The Labute approximate surface area is 154 Å².